The van der Waals surface area contributed by atoms with Crippen molar-refractivity contribution in [3.8, 4) is 11.1 Å². The van der Waals surface area contributed by atoms with Crippen LogP contribution < -0.4 is 0 Å². The number of aliphatic hydroxyl groups is 1. The molecule has 2 aromatic rings. The molecule has 0 aliphatic rings. The van der Waals surface area contributed by atoms with Crippen LogP contribution in [-0.2, 0) is 13.0 Å². The van der Waals surface area contributed by atoms with Gasteiger partial charge in [0.25, 0.3) is 0 Å². The van der Waals surface area contributed by atoms with Crippen LogP contribution in [0, 0.1) is 0 Å². The molecule has 0 atom stereocenters. The number of nitrogens with zero attached hydrogens (tertiary/aromatic N) is 1. The van der Waals surface area contributed by atoms with E-state index >= 15 is 0 Å². The Labute approximate surface area is 169 Å². The predicted octanol–water partition coefficient (Wildman–Crippen LogP) is 6.94. The molecule has 0 aliphatic carbocycles. The van der Waals surface area contributed by atoms with Gasteiger partial charge in [0.1, 0.15) is 0 Å². The molecule has 0 amide bonds. The number of hydrogen-bond acceptors (Lipinski definition) is 3. The van der Waals surface area contributed by atoms with Crippen molar-refractivity contribution in [1.29, 1.82) is 0 Å². The first kappa shape index (κ1) is 22.0. The Bertz CT molecular complexity index is 735. The lowest BCUT2D eigenvalue weighted by atomic mass is 9.85. The zero-order valence-electron chi connectivity index (χ0n) is 17.8. The maximum atomic E-state index is 10.3. The Morgan fingerprint density at radius 3 is 2.00 bits per heavy atom. The lowest BCUT2D eigenvalue weighted by Gasteiger charge is -2.24. The SMILES string of the molecule is CCCCCc1c(C(C)C)nc(C(C)C)c(CO)c1-c1ccc(SC)cc1. The van der Waals surface area contributed by atoms with E-state index in [0.717, 1.165) is 17.7 Å². The average molecular weight is 386 g/mol. The van der Waals surface area contributed by atoms with Crippen molar-refractivity contribution in [2.75, 3.05) is 6.26 Å². The molecular formula is C24H35NOS. The average Bonchev–Trinajstić information content (AvgIpc) is 2.67. The molecule has 1 N–H and O–H groups in total. The van der Waals surface area contributed by atoms with E-state index in [2.05, 4.69) is 65.1 Å². The van der Waals surface area contributed by atoms with Crippen LogP contribution in [0.5, 0.6) is 0 Å². The van der Waals surface area contributed by atoms with E-state index in [-0.39, 0.29) is 6.61 Å². The largest absolute Gasteiger partial charge is 0.392 e. The smallest absolute Gasteiger partial charge is 0.0705 e. The minimum Gasteiger partial charge on any atom is -0.392 e. The van der Waals surface area contributed by atoms with Gasteiger partial charge in [0, 0.05) is 21.8 Å². The second-order valence-corrected chi connectivity index (χ2v) is 8.75. The third-order valence-electron chi connectivity index (χ3n) is 5.12. The molecule has 0 bridgehead atoms. The summed E-state index contributed by atoms with van der Waals surface area (Å²) >= 11 is 1.76. The number of rotatable bonds is 9. The van der Waals surface area contributed by atoms with E-state index in [1.807, 2.05) is 0 Å². The first-order valence-corrected chi connectivity index (χ1v) is 11.5. The molecule has 0 spiro atoms. The van der Waals surface area contributed by atoms with E-state index in [4.69, 9.17) is 4.98 Å². The normalized spacial score (nSPS) is 11.6. The number of aromatic nitrogens is 1. The second-order valence-electron chi connectivity index (χ2n) is 7.87. The summed E-state index contributed by atoms with van der Waals surface area (Å²) in [5.41, 5.74) is 7.03. The van der Waals surface area contributed by atoms with Crippen molar-refractivity contribution in [2.24, 2.45) is 0 Å². The summed E-state index contributed by atoms with van der Waals surface area (Å²) in [5, 5.41) is 10.3. The molecule has 3 heteroatoms. The number of benzene rings is 1. The molecule has 2 nitrogen and oxygen atoms in total. The van der Waals surface area contributed by atoms with Crippen LogP contribution in [0.1, 0.15) is 88.2 Å². The van der Waals surface area contributed by atoms with Crippen molar-refractivity contribution < 1.29 is 5.11 Å². The molecule has 0 aliphatic heterocycles. The van der Waals surface area contributed by atoms with Crippen molar-refractivity contribution in [3.63, 3.8) is 0 Å². The maximum Gasteiger partial charge on any atom is 0.0705 e. The van der Waals surface area contributed by atoms with Gasteiger partial charge in [-0.3, -0.25) is 4.98 Å². The second kappa shape index (κ2) is 10.3. The van der Waals surface area contributed by atoms with Gasteiger partial charge in [0.05, 0.1) is 6.61 Å². The molecule has 0 radical (unpaired) electrons. The molecule has 1 heterocycles. The van der Waals surface area contributed by atoms with E-state index in [1.165, 1.54) is 46.5 Å². The van der Waals surface area contributed by atoms with Gasteiger partial charge in [-0.05, 0) is 59.8 Å². The van der Waals surface area contributed by atoms with Gasteiger partial charge in [-0.25, -0.2) is 0 Å². The summed E-state index contributed by atoms with van der Waals surface area (Å²) in [5.74, 6) is 0.662. The van der Waals surface area contributed by atoms with E-state index in [0.29, 0.717) is 11.8 Å². The molecule has 27 heavy (non-hydrogen) atoms. The quantitative estimate of drug-likeness (QED) is 0.375. The molecule has 148 valence electrons. The Hall–Kier alpha value is -1.32. The predicted molar refractivity (Wildman–Crippen MR) is 119 cm³/mol. The molecular weight excluding hydrogens is 350 g/mol. The summed E-state index contributed by atoms with van der Waals surface area (Å²) in [4.78, 5) is 6.34. The molecule has 0 saturated carbocycles. The fourth-order valence-corrected chi connectivity index (χ4v) is 4.14. The molecule has 0 saturated heterocycles. The number of unbranched alkanes of at least 4 members (excludes halogenated alkanes) is 2. The topological polar surface area (TPSA) is 33.1 Å². The number of thioether (sulfide) groups is 1. The van der Waals surface area contributed by atoms with Crippen LogP contribution >= 0.6 is 11.8 Å². The maximum absolute atomic E-state index is 10.3. The summed E-state index contributed by atoms with van der Waals surface area (Å²) in [6.45, 7) is 11.1. The Morgan fingerprint density at radius 2 is 1.52 bits per heavy atom. The molecule has 1 aromatic heterocycles. The van der Waals surface area contributed by atoms with Gasteiger partial charge in [-0.2, -0.15) is 0 Å². The van der Waals surface area contributed by atoms with Crippen molar-refractivity contribution in [2.45, 2.75) is 83.6 Å². The molecule has 1 aromatic carbocycles. The monoisotopic (exact) mass is 385 g/mol. The Morgan fingerprint density at radius 1 is 0.926 bits per heavy atom. The van der Waals surface area contributed by atoms with Crippen molar-refractivity contribution in [3.05, 3.63) is 46.8 Å². The van der Waals surface area contributed by atoms with Crippen LogP contribution in [0.2, 0.25) is 0 Å². The van der Waals surface area contributed by atoms with Crippen LogP contribution in [0.25, 0.3) is 11.1 Å². The molecule has 0 fully saturated rings. The Balaban J connectivity index is 2.76. The fraction of sp³-hybridized carbons (Fsp3) is 0.542. The summed E-state index contributed by atoms with van der Waals surface area (Å²) < 4.78 is 0. The first-order valence-electron chi connectivity index (χ1n) is 10.2. The van der Waals surface area contributed by atoms with Crippen LogP contribution in [-0.4, -0.2) is 16.3 Å². The summed E-state index contributed by atoms with van der Waals surface area (Å²) in [6, 6.07) is 8.78. The number of hydrogen-bond donors (Lipinski definition) is 1. The van der Waals surface area contributed by atoms with Crippen LogP contribution in [0.4, 0.5) is 0 Å². The van der Waals surface area contributed by atoms with Gasteiger partial charge >= 0.3 is 0 Å². The standard InChI is InChI=1S/C24H35NOS/c1-7-8-9-10-20-22(18-11-13-19(27-6)14-12-18)21(15-26)24(17(4)5)25-23(20)16(2)3/h11-14,16-17,26H,7-10,15H2,1-6H3. The summed E-state index contributed by atoms with van der Waals surface area (Å²) in [6.07, 6.45) is 6.73. The highest BCUT2D eigenvalue weighted by atomic mass is 32.2. The van der Waals surface area contributed by atoms with Gasteiger partial charge < -0.3 is 5.11 Å². The highest BCUT2D eigenvalue weighted by Crippen LogP contribution is 2.38. The van der Waals surface area contributed by atoms with Crippen molar-refractivity contribution >= 4 is 11.8 Å². The Kier molecular flexibility index (Phi) is 8.37. The van der Waals surface area contributed by atoms with Gasteiger partial charge in [0.2, 0.25) is 0 Å². The van der Waals surface area contributed by atoms with Gasteiger partial charge in [0.15, 0.2) is 0 Å². The minimum atomic E-state index is 0.0410. The molecule has 2 rings (SSSR count). The lowest BCUT2D eigenvalue weighted by molar-refractivity contribution is 0.279. The molecule has 0 unspecified atom stereocenters. The van der Waals surface area contributed by atoms with Gasteiger partial charge in [-0.1, -0.05) is 59.6 Å². The van der Waals surface area contributed by atoms with E-state index in [9.17, 15) is 5.11 Å². The minimum absolute atomic E-state index is 0.0410. The first-order chi connectivity index (χ1) is 12.9. The van der Waals surface area contributed by atoms with Gasteiger partial charge in [-0.15, -0.1) is 11.8 Å². The lowest BCUT2D eigenvalue weighted by Crippen LogP contribution is -2.12. The summed E-state index contributed by atoms with van der Waals surface area (Å²) in [7, 11) is 0. The zero-order valence-corrected chi connectivity index (χ0v) is 18.6. The highest BCUT2D eigenvalue weighted by molar-refractivity contribution is 7.98. The highest BCUT2D eigenvalue weighted by Gasteiger charge is 2.23. The third-order valence-corrected chi connectivity index (χ3v) is 5.87. The van der Waals surface area contributed by atoms with Crippen LogP contribution in [0.3, 0.4) is 0 Å². The van der Waals surface area contributed by atoms with Crippen molar-refractivity contribution in [1.82, 2.24) is 4.98 Å². The van der Waals surface area contributed by atoms with E-state index in [1.54, 1.807) is 11.8 Å². The zero-order chi connectivity index (χ0) is 20.0. The van der Waals surface area contributed by atoms with E-state index < -0.39 is 0 Å². The van der Waals surface area contributed by atoms with Crippen LogP contribution in [0.15, 0.2) is 29.2 Å². The number of aliphatic hydroxyl groups excluding tert-OH is 1. The number of pyridine rings is 1. The third kappa shape index (κ3) is 5.14. The fourth-order valence-electron chi connectivity index (χ4n) is 3.73.